The number of carbonyl (C=O) groups is 2. The Kier molecular flexibility index (Phi) is 5.91. The summed E-state index contributed by atoms with van der Waals surface area (Å²) in [5, 5.41) is 0.706. The zero-order chi connectivity index (χ0) is 18.5. The van der Waals surface area contributed by atoms with Crippen LogP contribution in [0.15, 0.2) is 48.5 Å². The highest BCUT2D eigenvalue weighted by atomic mass is 35.5. The number of hydrogen-bond donors (Lipinski definition) is 0. The SMILES string of the molecule is COC(=O)c1ccc(C(=O)N2CCO[C@H](Cc3ccccc3Cl)C2)cc1. The van der Waals surface area contributed by atoms with Crippen molar-refractivity contribution >= 4 is 23.5 Å². The van der Waals surface area contributed by atoms with E-state index in [4.69, 9.17) is 16.3 Å². The van der Waals surface area contributed by atoms with Crippen molar-refractivity contribution in [3.63, 3.8) is 0 Å². The first-order valence-corrected chi connectivity index (χ1v) is 8.79. The topological polar surface area (TPSA) is 55.8 Å². The second-order valence-corrected chi connectivity index (χ2v) is 6.52. The Morgan fingerprint density at radius 2 is 1.85 bits per heavy atom. The molecule has 0 spiro atoms. The van der Waals surface area contributed by atoms with E-state index in [0.717, 1.165) is 5.56 Å². The van der Waals surface area contributed by atoms with E-state index in [9.17, 15) is 9.59 Å². The number of hydrogen-bond acceptors (Lipinski definition) is 4. The first kappa shape index (κ1) is 18.4. The van der Waals surface area contributed by atoms with Crippen LogP contribution in [0, 0.1) is 0 Å². The molecule has 1 heterocycles. The number of ether oxygens (including phenoxy) is 2. The van der Waals surface area contributed by atoms with Crippen molar-refractivity contribution in [1.82, 2.24) is 4.90 Å². The molecule has 1 amide bonds. The molecule has 136 valence electrons. The van der Waals surface area contributed by atoms with Gasteiger partial charge < -0.3 is 14.4 Å². The molecule has 0 unspecified atom stereocenters. The van der Waals surface area contributed by atoms with Gasteiger partial charge in [0.25, 0.3) is 5.91 Å². The second-order valence-electron chi connectivity index (χ2n) is 6.11. The lowest BCUT2D eigenvalue weighted by molar-refractivity contribution is -0.0208. The summed E-state index contributed by atoms with van der Waals surface area (Å²) in [6, 6.07) is 14.1. The monoisotopic (exact) mass is 373 g/mol. The van der Waals surface area contributed by atoms with Crippen LogP contribution in [0.25, 0.3) is 0 Å². The van der Waals surface area contributed by atoms with Crippen molar-refractivity contribution in [1.29, 1.82) is 0 Å². The molecule has 1 aliphatic heterocycles. The number of benzene rings is 2. The Bertz CT molecular complexity index is 791. The smallest absolute Gasteiger partial charge is 0.337 e. The van der Waals surface area contributed by atoms with E-state index in [1.165, 1.54) is 7.11 Å². The van der Waals surface area contributed by atoms with Crippen LogP contribution in [0.3, 0.4) is 0 Å². The minimum atomic E-state index is -0.421. The average Bonchev–Trinajstić information content (AvgIpc) is 2.69. The Morgan fingerprint density at radius 1 is 1.15 bits per heavy atom. The van der Waals surface area contributed by atoms with Crippen LogP contribution in [0.2, 0.25) is 5.02 Å². The number of methoxy groups -OCH3 is 1. The molecule has 0 radical (unpaired) electrons. The van der Waals surface area contributed by atoms with Crippen LogP contribution in [0.1, 0.15) is 26.3 Å². The summed E-state index contributed by atoms with van der Waals surface area (Å²) in [6.07, 6.45) is 0.562. The zero-order valence-electron chi connectivity index (χ0n) is 14.5. The molecule has 0 saturated carbocycles. The van der Waals surface area contributed by atoms with Gasteiger partial charge in [-0.05, 0) is 35.9 Å². The van der Waals surface area contributed by atoms with Crippen molar-refractivity contribution in [2.45, 2.75) is 12.5 Å². The molecule has 3 rings (SSSR count). The highest BCUT2D eigenvalue weighted by Crippen LogP contribution is 2.20. The lowest BCUT2D eigenvalue weighted by atomic mass is 10.1. The number of amides is 1. The van der Waals surface area contributed by atoms with Crippen molar-refractivity contribution < 1.29 is 19.1 Å². The van der Waals surface area contributed by atoms with Crippen LogP contribution in [0.5, 0.6) is 0 Å². The molecular weight excluding hydrogens is 354 g/mol. The first-order chi connectivity index (χ1) is 12.6. The van der Waals surface area contributed by atoms with Gasteiger partial charge in [-0.15, -0.1) is 0 Å². The maximum atomic E-state index is 12.7. The minimum Gasteiger partial charge on any atom is -0.465 e. The molecule has 26 heavy (non-hydrogen) atoms. The van der Waals surface area contributed by atoms with Gasteiger partial charge in [0.05, 0.1) is 25.4 Å². The molecule has 1 atom stereocenters. The van der Waals surface area contributed by atoms with Crippen LogP contribution >= 0.6 is 11.6 Å². The molecule has 2 aromatic carbocycles. The Hall–Kier alpha value is -2.37. The summed E-state index contributed by atoms with van der Waals surface area (Å²) < 4.78 is 10.5. The van der Waals surface area contributed by atoms with E-state index in [0.29, 0.717) is 42.3 Å². The van der Waals surface area contributed by atoms with Gasteiger partial charge in [-0.2, -0.15) is 0 Å². The van der Waals surface area contributed by atoms with Gasteiger partial charge >= 0.3 is 5.97 Å². The van der Waals surface area contributed by atoms with E-state index in [-0.39, 0.29) is 12.0 Å². The molecule has 1 fully saturated rings. The Balaban J connectivity index is 1.66. The predicted octanol–water partition coefficient (Wildman–Crippen LogP) is 3.21. The molecule has 0 aromatic heterocycles. The largest absolute Gasteiger partial charge is 0.465 e. The quantitative estimate of drug-likeness (QED) is 0.772. The summed E-state index contributed by atoms with van der Waals surface area (Å²) >= 11 is 6.22. The van der Waals surface area contributed by atoms with Gasteiger partial charge in [0.15, 0.2) is 0 Å². The van der Waals surface area contributed by atoms with Crippen molar-refractivity contribution in [2.75, 3.05) is 26.8 Å². The second kappa shape index (κ2) is 8.34. The van der Waals surface area contributed by atoms with Crippen LogP contribution in [-0.2, 0) is 15.9 Å². The fraction of sp³-hybridized carbons (Fsp3) is 0.300. The summed E-state index contributed by atoms with van der Waals surface area (Å²) in [7, 11) is 1.33. The third kappa shape index (κ3) is 4.23. The molecule has 0 bridgehead atoms. The number of rotatable bonds is 4. The van der Waals surface area contributed by atoms with E-state index >= 15 is 0 Å². The van der Waals surface area contributed by atoms with Gasteiger partial charge in [0.1, 0.15) is 0 Å². The van der Waals surface area contributed by atoms with Gasteiger partial charge in [0.2, 0.25) is 0 Å². The van der Waals surface area contributed by atoms with Crippen molar-refractivity contribution in [3.05, 3.63) is 70.2 Å². The molecular formula is C20H20ClNO4. The summed E-state index contributed by atoms with van der Waals surface area (Å²) in [5.74, 6) is -0.496. The number of esters is 1. The number of nitrogens with zero attached hydrogens (tertiary/aromatic N) is 1. The van der Waals surface area contributed by atoms with Gasteiger partial charge in [-0.1, -0.05) is 29.8 Å². The Labute approximate surface area is 157 Å². The van der Waals surface area contributed by atoms with E-state index < -0.39 is 5.97 Å². The van der Waals surface area contributed by atoms with Gasteiger partial charge in [-0.25, -0.2) is 4.79 Å². The fourth-order valence-electron chi connectivity index (χ4n) is 2.99. The number of carbonyl (C=O) groups excluding carboxylic acids is 2. The van der Waals surface area contributed by atoms with Crippen LogP contribution in [0.4, 0.5) is 0 Å². The molecule has 5 nitrogen and oxygen atoms in total. The molecule has 2 aromatic rings. The predicted molar refractivity (Wildman–Crippen MR) is 98.6 cm³/mol. The maximum absolute atomic E-state index is 12.7. The number of halogens is 1. The highest BCUT2D eigenvalue weighted by molar-refractivity contribution is 6.31. The first-order valence-electron chi connectivity index (χ1n) is 8.41. The maximum Gasteiger partial charge on any atom is 0.337 e. The standard InChI is InChI=1S/C20H20ClNO4/c1-25-20(24)15-8-6-14(7-9-15)19(23)22-10-11-26-17(13-22)12-16-4-2-3-5-18(16)21/h2-9,17H,10-13H2,1H3/t17-/m1/s1. The van der Waals surface area contributed by atoms with Gasteiger partial charge in [-0.3, -0.25) is 4.79 Å². The van der Waals surface area contributed by atoms with E-state index in [2.05, 4.69) is 4.74 Å². The lowest BCUT2D eigenvalue weighted by Crippen LogP contribution is -2.46. The summed E-state index contributed by atoms with van der Waals surface area (Å²) in [5.41, 5.74) is 1.97. The van der Waals surface area contributed by atoms with Crippen LogP contribution < -0.4 is 0 Å². The van der Waals surface area contributed by atoms with Crippen LogP contribution in [-0.4, -0.2) is 49.7 Å². The van der Waals surface area contributed by atoms with E-state index in [1.807, 2.05) is 24.3 Å². The van der Waals surface area contributed by atoms with Gasteiger partial charge in [0, 0.05) is 30.1 Å². The zero-order valence-corrected chi connectivity index (χ0v) is 15.2. The third-order valence-electron chi connectivity index (χ3n) is 4.38. The fourth-order valence-corrected chi connectivity index (χ4v) is 3.20. The Morgan fingerprint density at radius 3 is 2.54 bits per heavy atom. The third-order valence-corrected chi connectivity index (χ3v) is 4.75. The normalized spacial score (nSPS) is 17.0. The highest BCUT2D eigenvalue weighted by Gasteiger charge is 2.25. The molecule has 1 saturated heterocycles. The molecule has 0 N–H and O–H groups in total. The van der Waals surface area contributed by atoms with Crippen molar-refractivity contribution in [3.8, 4) is 0 Å². The number of morpholine rings is 1. The average molecular weight is 374 g/mol. The van der Waals surface area contributed by atoms with E-state index in [1.54, 1.807) is 29.2 Å². The minimum absolute atomic E-state index is 0.0751. The summed E-state index contributed by atoms with van der Waals surface area (Å²) in [4.78, 5) is 26.0. The van der Waals surface area contributed by atoms with Crippen molar-refractivity contribution in [2.24, 2.45) is 0 Å². The molecule has 6 heteroatoms. The molecule has 1 aliphatic rings. The molecule has 0 aliphatic carbocycles. The summed E-state index contributed by atoms with van der Waals surface area (Å²) in [6.45, 7) is 1.53. The lowest BCUT2D eigenvalue weighted by Gasteiger charge is -2.33.